The van der Waals surface area contributed by atoms with Gasteiger partial charge < -0.3 is 20.9 Å². The standard InChI is InChI=1S/C14H28N4O4/c1-13(2,3)21-11(19)17-10(16)18(9-7-8-15)12(20)22-14(4,5)6/h7-9,15H2,1-6H3,(H2,16,17,19). The van der Waals surface area contributed by atoms with Gasteiger partial charge in [0.25, 0.3) is 0 Å². The Labute approximate surface area is 131 Å². The van der Waals surface area contributed by atoms with Crippen LogP contribution in [0.4, 0.5) is 9.59 Å². The highest BCUT2D eigenvalue weighted by Gasteiger charge is 2.25. The predicted octanol–water partition coefficient (Wildman–Crippen LogP) is 1.82. The van der Waals surface area contributed by atoms with Crippen molar-refractivity contribution in [3.05, 3.63) is 0 Å². The summed E-state index contributed by atoms with van der Waals surface area (Å²) in [6, 6.07) is 0. The minimum Gasteiger partial charge on any atom is -0.443 e. The van der Waals surface area contributed by atoms with Crippen LogP contribution in [0.15, 0.2) is 4.99 Å². The van der Waals surface area contributed by atoms with E-state index in [4.69, 9.17) is 20.9 Å². The Balaban J connectivity index is 5.08. The molecule has 8 heteroatoms. The van der Waals surface area contributed by atoms with Crippen LogP contribution < -0.4 is 11.5 Å². The van der Waals surface area contributed by atoms with Gasteiger partial charge in [-0.2, -0.15) is 0 Å². The van der Waals surface area contributed by atoms with Gasteiger partial charge in [0.05, 0.1) is 0 Å². The molecule has 0 fully saturated rings. The molecule has 0 saturated carbocycles. The van der Waals surface area contributed by atoms with Crippen LogP contribution in [-0.2, 0) is 9.47 Å². The van der Waals surface area contributed by atoms with Crippen LogP contribution in [0.3, 0.4) is 0 Å². The van der Waals surface area contributed by atoms with Crippen LogP contribution in [0.5, 0.6) is 0 Å². The quantitative estimate of drug-likeness (QED) is 0.605. The molecule has 0 bridgehead atoms. The smallest absolute Gasteiger partial charge is 0.437 e. The van der Waals surface area contributed by atoms with Gasteiger partial charge in [-0.15, -0.1) is 4.99 Å². The summed E-state index contributed by atoms with van der Waals surface area (Å²) in [7, 11) is 0. The molecule has 0 heterocycles. The van der Waals surface area contributed by atoms with Crippen molar-refractivity contribution < 1.29 is 19.1 Å². The molecule has 4 N–H and O–H groups in total. The Morgan fingerprint density at radius 3 is 1.95 bits per heavy atom. The fourth-order valence-electron chi connectivity index (χ4n) is 1.30. The Morgan fingerprint density at radius 2 is 1.55 bits per heavy atom. The zero-order valence-corrected chi connectivity index (χ0v) is 14.3. The Morgan fingerprint density at radius 1 is 1.05 bits per heavy atom. The summed E-state index contributed by atoms with van der Waals surface area (Å²) in [6.07, 6.45) is -1.07. The van der Waals surface area contributed by atoms with Crippen LogP contribution in [-0.4, -0.2) is 47.3 Å². The second kappa shape index (κ2) is 7.98. The van der Waals surface area contributed by atoms with E-state index in [1.165, 1.54) is 0 Å². The van der Waals surface area contributed by atoms with Crippen LogP contribution in [0.25, 0.3) is 0 Å². The number of amides is 2. The highest BCUT2D eigenvalue weighted by molar-refractivity contribution is 5.98. The molecule has 0 atom stereocenters. The molecule has 0 aromatic heterocycles. The highest BCUT2D eigenvalue weighted by atomic mass is 16.6. The fraction of sp³-hybridized carbons (Fsp3) is 0.786. The molecule has 8 nitrogen and oxygen atoms in total. The fourth-order valence-corrected chi connectivity index (χ4v) is 1.30. The van der Waals surface area contributed by atoms with Crippen molar-refractivity contribution in [1.29, 1.82) is 0 Å². The van der Waals surface area contributed by atoms with E-state index in [1.807, 2.05) is 0 Å². The van der Waals surface area contributed by atoms with Crippen LogP contribution >= 0.6 is 0 Å². The number of guanidine groups is 1. The first-order chi connectivity index (χ1) is 9.85. The number of carbonyl (C=O) groups is 2. The average Bonchev–Trinajstić information content (AvgIpc) is 2.23. The topological polar surface area (TPSA) is 120 Å². The summed E-state index contributed by atoms with van der Waals surface area (Å²) in [5.41, 5.74) is 9.78. The largest absolute Gasteiger partial charge is 0.443 e. The van der Waals surface area contributed by atoms with Gasteiger partial charge in [0.2, 0.25) is 5.96 Å². The van der Waals surface area contributed by atoms with E-state index in [1.54, 1.807) is 41.5 Å². The summed E-state index contributed by atoms with van der Waals surface area (Å²) in [4.78, 5) is 28.4. The highest BCUT2D eigenvalue weighted by Crippen LogP contribution is 2.11. The van der Waals surface area contributed by atoms with E-state index < -0.39 is 23.4 Å². The van der Waals surface area contributed by atoms with E-state index in [-0.39, 0.29) is 12.5 Å². The number of nitrogens with two attached hydrogens (primary N) is 2. The normalized spacial score (nSPS) is 12.8. The average molecular weight is 316 g/mol. The number of rotatable bonds is 3. The first kappa shape index (κ1) is 20.2. The van der Waals surface area contributed by atoms with Gasteiger partial charge in [0.15, 0.2) is 0 Å². The van der Waals surface area contributed by atoms with Crippen molar-refractivity contribution in [3.63, 3.8) is 0 Å². The van der Waals surface area contributed by atoms with Crippen LogP contribution in [0.1, 0.15) is 48.0 Å². The Hall–Kier alpha value is -1.83. The molecule has 0 aliphatic rings. The molecular formula is C14H28N4O4. The van der Waals surface area contributed by atoms with E-state index in [0.717, 1.165) is 4.90 Å². The third kappa shape index (κ3) is 9.17. The van der Waals surface area contributed by atoms with Gasteiger partial charge in [0, 0.05) is 6.54 Å². The molecule has 0 saturated heterocycles. The minimum atomic E-state index is -0.869. The lowest BCUT2D eigenvalue weighted by Gasteiger charge is -2.26. The molecule has 22 heavy (non-hydrogen) atoms. The third-order valence-electron chi connectivity index (χ3n) is 2.08. The lowest BCUT2D eigenvalue weighted by Crippen LogP contribution is -2.46. The van der Waals surface area contributed by atoms with Gasteiger partial charge >= 0.3 is 12.2 Å². The van der Waals surface area contributed by atoms with E-state index >= 15 is 0 Å². The summed E-state index contributed by atoms with van der Waals surface area (Å²) < 4.78 is 10.3. The molecule has 0 aromatic carbocycles. The predicted molar refractivity (Wildman–Crippen MR) is 84.5 cm³/mol. The number of aliphatic imine (C=N–C) groups is 1. The monoisotopic (exact) mass is 316 g/mol. The van der Waals surface area contributed by atoms with Gasteiger partial charge in [-0.25, -0.2) is 14.5 Å². The summed E-state index contributed by atoms with van der Waals surface area (Å²) in [5.74, 6) is -0.281. The molecule has 0 aliphatic heterocycles. The van der Waals surface area contributed by atoms with Crippen molar-refractivity contribution >= 4 is 18.1 Å². The van der Waals surface area contributed by atoms with Crippen LogP contribution in [0, 0.1) is 0 Å². The van der Waals surface area contributed by atoms with E-state index in [2.05, 4.69) is 4.99 Å². The first-order valence-corrected chi connectivity index (χ1v) is 7.13. The summed E-state index contributed by atoms with van der Waals surface area (Å²) in [5, 5.41) is 0. The summed E-state index contributed by atoms with van der Waals surface area (Å²) >= 11 is 0. The maximum Gasteiger partial charge on any atom is 0.437 e. The molecule has 0 radical (unpaired) electrons. The van der Waals surface area contributed by atoms with E-state index in [9.17, 15) is 9.59 Å². The Bertz CT molecular complexity index is 422. The van der Waals surface area contributed by atoms with Crippen molar-refractivity contribution in [2.24, 2.45) is 16.5 Å². The second-order valence-electron chi connectivity index (χ2n) is 6.72. The molecule has 0 rings (SSSR count). The van der Waals surface area contributed by atoms with Crippen LogP contribution in [0.2, 0.25) is 0 Å². The van der Waals surface area contributed by atoms with Gasteiger partial charge in [-0.3, -0.25) is 0 Å². The lowest BCUT2D eigenvalue weighted by molar-refractivity contribution is 0.0366. The van der Waals surface area contributed by atoms with Gasteiger partial charge in [-0.1, -0.05) is 0 Å². The van der Waals surface area contributed by atoms with Gasteiger partial charge in [-0.05, 0) is 54.5 Å². The van der Waals surface area contributed by atoms with Crippen molar-refractivity contribution in [3.8, 4) is 0 Å². The maximum atomic E-state index is 12.1. The number of nitrogens with zero attached hydrogens (tertiary/aromatic N) is 2. The summed E-state index contributed by atoms with van der Waals surface area (Å²) in [6.45, 7) is 10.9. The number of hydrogen-bond donors (Lipinski definition) is 2. The third-order valence-corrected chi connectivity index (χ3v) is 2.08. The first-order valence-electron chi connectivity index (χ1n) is 7.13. The van der Waals surface area contributed by atoms with Gasteiger partial charge in [0.1, 0.15) is 11.2 Å². The molecule has 2 amide bonds. The molecule has 0 aromatic rings. The molecular weight excluding hydrogens is 288 g/mol. The zero-order chi connectivity index (χ0) is 17.6. The van der Waals surface area contributed by atoms with Crippen molar-refractivity contribution in [2.75, 3.05) is 13.1 Å². The van der Waals surface area contributed by atoms with Crippen molar-refractivity contribution in [1.82, 2.24) is 4.90 Å². The molecule has 0 aliphatic carbocycles. The molecule has 128 valence electrons. The SMILES string of the molecule is CC(C)(C)OC(=O)N=C(N)N(CCCN)C(=O)OC(C)(C)C. The number of hydrogen-bond acceptors (Lipinski definition) is 5. The lowest BCUT2D eigenvalue weighted by atomic mass is 10.2. The van der Waals surface area contributed by atoms with Crippen molar-refractivity contribution in [2.45, 2.75) is 59.2 Å². The maximum absolute atomic E-state index is 12.1. The molecule has 0 unspecified atom stereocenters. The number of carbonyl (C=O) groups excluding carboxylic acids is 2. The second-order valence-corrected chi connectivity index (χ2v) is 6.72. The molecule has 0 spiro atoms. The van der Waals surface area contributed by atoms with E-state index in [0.29, 0.717) is 13.0 Å². The zero-order valence-electron chi connectivity index (χ0n) is 14.3. The number of ether oxygens (including phenoxy) is 2. The Kier molecular flexibility index (Phi) is 7.31. The minimum absolute atomic E-state index is 0.198.